The van der Waals surface area contributed by atoms with Crippen molar-refractivity contribution in [3.05, 3.63) is 0 Å². The van der Waals surface area contributed by atoms with Crippen LogP contribution in [0.4, 0.5) is 0 Å². The van der Waals surface area contributed by atoms with Gasteiger partial charge in [-0.1, -0.05) is 0 Å². The van der Waals surface area contributed by atoms with Crippen LogP contribution in [0.1, 0.15) is 0 Å². The Balaban J connectivity index is 0. The van der Waals surface area contributed by atoms with Crippen LogP contribution in [-0.2, 0) is 9.15 Å². The van der Waals surface area contributed by atoms with Crippen LogP contribution in [0.5, 0.6) is 0 Å². The molecule has 0 spiro atoms. The summed E-state index contributed by atoms with van der Waals surface area (Å²) in [5, 5.41) is 0. The predicted octanol–water partition coefficient (Wildman–Crippen LogP) is -0.900. The number of rotatable bonds is 3. The summed E-state index contributed by atoms with van der Waals surface area (Å²) in [6, 6.07) is 0. The molecule has 1 radical (unpaired) electrons. The van der Waals surface area contributed by atoms with Crippen LogP contribution in [0.3, 0.4) is 0 Å². The van der Waals surface area contributed by atoms with Gasteiger partial charge in [-0.2, -0.15) is 8.42 Å². The zero-order chi connectivity index (χ0) is 6.62. The summed E-state index contributed by atoms with van der Waals surface area (Å²) in [4.78, 5) is 0. The van der Waals surface area contributed by atoms with Crippen LogP contribution in [0.15, 0.2) is 0 Å². The summed E-state index contributed by atoms with van der Waals surface area (Å²) in [5.41, 5.74) is 4.94. The Morgan fingerprint density at radius 3 is 2.11 bits per heavy atom. The molecule has 0 aliphatic carbocycles. The van der Waals surface area contributed by atoms with Crippen molar-refractivity contribution >= 4 is 49.5 Å². The molecule has 0 amide bonds. The minimum Gasteiger partial charge on any atom is -0.330 e. The van der Waals surface area contributed by atoms with Gasteiger partial charge in [0.15, 0.2) is 0 Å². The Bertz CT molecular complexity index is 144. The Labute approximate surface area is 80.0 Å². The fourth-order valence-corrected chi connectivity index (χ4v) is 1.38. The van der Waals surface area contributed by atoms with Gasteiger partial charge in [0.05, 0.1) is 0 Å². The van der Waals surface area contributed by atoms with Crippen molar-refractivity contribution in [3.63, 3.8) is 0 Å². The normalized spacial score (nSPS) is 10.4. The molecule has 0 aliphatic heterocycles. The summed E-state index contributed by atoms with van der Waals surface area (Å²) >= 11 is 0. The van der Waals surface area contributed by atoms with Gasteiger partial charge in [-0.15, -0.1) is 0 Å². The maximum absolute atomic E-state index is 9.85. The molecule has 0 rings (SSSR count). The molecule has 0 atom stereocenters. The summed E-state index contributed by atoms with van der Waals surface area (Å²) in [5.74, 6) is 0.235. The Kier molecular flexibility index (Phi) is 8.52. The van der Waals surface area contributed by atoms with E-state index in [1.54, 1.807) is 0 Å². The van der Waals surface area contributed by atoms with E-state index in [0.717, 1.165) is 0 Å². The van der Waals surface area contributed by atoms with E-state index in [2.05, 4.69) is 0 Å². The molecule has 0 unspecified atom stereocenters. The number of nitrogens with two attached hydrogens (primary N) is 1. The van der Waals surface area contributed by atoms with Gasteiger partial charge in [-0.05, 0) is 10.8 Å². The summed E-state index contributed by atoms with van der Waals surface area (Å²) in [6.07, 6.45) is 0. The van der Waals surface area contributed by atoms with Crippen molar-refractivity contribution < 1.29 is 13.0 Å². The number of hydrogen-bond donors (Lipinski definition) is 2. The average Bonchev–Trinajstić information content (AvgIpc) is 1.59. The molecule has 0 aromatic heterocycles. The Morgan fingerprint density at radius 2 is 2.00 bits per heavy atom. The minimum absolute atomic E-state index is 0. The molecule has 9 heavy (non-hydrogen) atoms. The fraction of sp³-hybridized carbons (Fsp3) is 1.00. The molecule has 7 heteroatoms. The minimum atomic E-state index is -3.85. The van der Waals surface area contributed by atoms with Gasteiger partial charge in [0.25, 0.3) is 0 Å². The van der Waals surface area contributed by atoms with Crippen LogP contribution in [0.2, 0.25) is 0 Å². The second-order valence-corrected chi connectivity index (χ2v) is 4.51. The molecular formula is C2H7NNaO3S2. The molecule has 0 saturated heterocycles. The first kappa shape index (κ1) is 12.9. The van der Waals surface area contributed by atoms with E-state index < -0.39 is 9.15 Å². The van der Waals surface area contributed by atoms with Crippen LogP contribution >= 0.6 is 10.8 Å². The van der Waals surface area contributed by atoms with Crippen LogP contribution < -0.4 is 5.73 Å². The van der Waals surface area contributed by atoms with Gasteiger partial charge < -0.3 is 5.73 Å². The summed E-state index contributed by atoms with van der Waals surface area (Å²) in [6.45, 7) is 0.254. The van der Waals surface area contributed by atoms with E-state index in [1.807, 2.05) is 0 Å². The SMILES string of the molecule is NCCSS(=O)(=O)O.[Na]. The average molecular weight is 180 g/mol. The van der Waals surface area contributed by atoms with Gasteiger partial charge in [0.1, 0.15) is 0 Å². The zero-order valence-corrected chi connectivity index (χ0v) is 8.70. The largest absolute Gasteiger partial charge is 0.330 e. The van der Waals surface area contributed by atoms with Crippen molar-refractivity contribution in [2.45, 2.75) is 0 Å². The monoisotopic (exact) mass is 180 g/mol. The van der Waals surface area contributed by atoms with Crippen molar-refractivity contribution in [1.82, 2.24) is 0 Å². The molecule has 0 fully saturated rings. The first-order valence-electron chi connectivity index (χ1n) is 1.88. The van der Waals surface area contributed by atoms with E-state index in [1.165, 1.54) is 0 Å². The quantitative estimate of drug-likeness (QED) is 0.334. The number of hydrogen-bond acceptors (Lipinski definition) is 4. The molecule has 0 heterocycles. The van der Waals surface area contributed by atoms with Crippen molar-refractivity contribution in [1.29, 1.82) is 0 Å². The Morgan fingerprint density at radius 1 is 1.56 bits per heavy atom. The van der Waals surface area contributed by atoms with Gasteiger partial charge >= 0.3 is 9.15 Å². The topological polar surface area (TPSA) is 80.4 Å². The van der Waals surface area contributed by atoms with Gasteiger partial charge in [0, 0.05) is 41.9 Å². The van der Waals surface area contributed by atoms with E-state index in [-0.39, 0.29) is 41.9 Å². The first-order chi connectivity index (χ1) is 3.56. The predicted molar refractivity (Wildman–Crippen MR) is 38.8 cm³/mol. The smallest absolute Gasteiger partial charge is 0.319 e. The Hall–Kier alpha value is 1.22. The van der Waals surface area contributed by atoms with E-state index >= 15 is 0 Å². The molecule has 51 valence electrons. The van der Waals surface area contributed by atoms with Gasteiger partial charge in [0.2, 0.25) is 0 Å². The molecule has 0 bridgehead atoms. The molecule has 0 saturated carbocycles. The molecule has 3 N–H and O–H groups in total. The van der Waals surface area contributed by atoms with E-state index in [9.17, 15) is 8.42 Å². The standard InChI is InChI=1S/C2H7NO3S2.Na/c3-1-2-7-8(4,5)6;/h1-3H2,(H,4,5,6);. The molecule has 4 nitrogen and oxygen atoms in total. The summed E-state index contributed by atoms with van der Waals surface area (Å²) in [7, 11) is -3.41. The van der Waals surface area contributed by atoms with Gasteiger partial charge in [-0.25, -0.2) is 0 Å². The van der Waals surface area contributed by atoms with Crippen LogP contribution in [0, 0.1) is 0 Å². The first-order valence-corrected chi connectivity index (χ1v) is 4.82. The fourth-order valence-electron chi connectivity index (χ4n) is 0.153. The maximum atomic E-state index is 9.85. The van der Waals surface area contributed by atoms with Crippen molar-refractivity contribution in [3.8, 4) is 0 Å². The molecule has 0 aromatic carbocycles. The van der Waals surface area contributed by atoms with Gasteiger partial charge in [-0.3, -0.25) is 4.55 Å². The molecule has 0 aliphatic rings. The maximum Gasteiger partial charge on any atom is 0.319 e. The third-order valence-electron chi connectivity index (χ3n) is 0.350. The van der Waals surface area contributed by atoms with Crippen LogP contribution in [0.25, 0.3) is 0 Å². The van der Waals surface area contributed by atoms with E-state index in [0.29, 0.717) is 10.8 Å². The third kappa shape index (κ3) is 12.4. The van der Waals surface area contributed by atoms with Crippen LogP contribution in [-0.4, -0.2) is 54.8 Å². The molecular weight excluding hydrogens is 173 g/mol. The third-order valence-corrected chi connectivity index (χ3v) is 2.44. The van der Waals surface area contributed by atoms with E-state index in [4.69, 9.17) is 10.3 Å². The molecule has 0 aromatic rings. The zero-order valence-electron chi connectivity index (χ0n) is 5.07. The van der Waals surface area contributed by atoms with Crippen molar-refractivity contribution in [2.24, 2.45) is 5.73 Å². The second kappa shape index (κ2) is 5.96. The van der Waals surface area contributed by atoms with Crippen molar-refractivity contribution in [2.75, 3.05) is 12.3 Å². The summed E-state index contributed by atoms with van der Waals surface area (Å²) < 4.78 is 27.7. The second-order valence-electron chi connectivity index (χ2n) is 1.04.